The number of nitrogens with zero attached hydrogens (tertiary/aromatic N) is 2. The van der Waals surface area contributed by atoms with Crippen molar-refractivity contribution in [1.82, 2.24) is 4.98 Å². The number of rotatable bonds is 1. The van der Waals surface area contributed by atoms with Crippen LogP contribution in [0, 0.1) is 0 Å². The standard InChI is InChI=1S/C12H12N2O2S/c1-2-4-14(3-1)12-13-8-5-9-10(16-7-15-9)6-11(8)17-12/h5-6H,1-4,7H2. The Kier molecular flexibility index (Phi) is 1.96. The lowest BCUT2D eigenvalue weighted by Crippen LogP contribution is -2.16. The summed E-state index contributed by atoms with van der Waals surface area (Å²) in [5.41, 5.74) is 1.01. The SMILES string of the molecule is c1c2c(cc3sc(N4CCCC4)nc13)OCO2. The highest BCUT2D eigenvalue weighted by Crippen LogP contribution is 2.40. The summed E-state index contributed by atoms with van der Waals surface area (Å²) in [6.45, 7) is 2.59. The monoisotopic (exact) mass is 248 g/mol. The highest BCUT2D eigenvalue weighted by atomic mass is 32.1. The van der Waals surface area contributed by atoms with Gasteiger partial charge in [0.2, 0.25) is 6.79 Å². The number of aromatic nitrogens is 1. The molecule has 0 atom stereocenters. The Bertz CT molecular complexity index is 534. The van der Waals surface area contributed by atoms with Crippen molar-refractivity contribution in [2.24, 2.45) is 0 Å². The number of ether oxygens (including phenoxy) is 2. The van der Waals surface area contributed by atoms with Crippen LogP contribution >= 0.6 is 11.3 Å². The number of fused-ring (bicyclic) bond motifs is 2. The lowest BCUT2D eigenvalue weighted by Gasteiger charge is -2.11. The van der Waals surface area contributed by atoms with E-state index in [1.807, 2.05) is 12.1 Å². The van der Waals surface area contributed by atoms with Crippen LogP contribution in [0.3, 0.4) is 0 Å². The minimum atomic E-state index is 0.325. The molecule has 0 aliphatic carbocycles. The van der Waals surface area contributed by atoms with Crippen LogP contribution in [0.2, 0.25) is 0 Å². The van der Waals surface area contributed by atoms with Crippen LogP contribution < -0.4 is 14.4 Å². The molecule has 88 valence electrons. The van der Waals surface area contributed by atoms with Gasteiger partial charge < -0.3 is 14.4 Å². The number of thiazole rings is 1. The first-order chi connectivity index (χ1) is 8.40. The van der Waals surface area contributed by atoms with Crippen molar-refractivity contribution in [3.05, 3.63) is 12.1 Å². The number of anilines is 1. The van der Waals surface area contributed by atoms with Gasteiger partial charge in [0.1, 0.15) is 0 Å². The molecule has 0 unspecified atom stereocenters. The Balaban J connectivity index is 1.81. The van der Waals surface area contributed by atoms with Gasteiger partial charge in [0.05, 0.1) is 10.2 Å². The van der Waals surface area contributed by atoms with Crippen molar-refractivity contribution in [3.63, 3.8) is 0 Å². The number of hydrogen-bond donors (Lipinski definition) is 0. The van der Waals surface area contributed by atoms with Crippen LogP contribution in [-0.2, 0) is 0 Å². The molecular formula is C12H12N2O2S. The minimum Gasteiger partial charge on any atom is -0.454 e. The highest BCUT2D eigenvalue weighted by molar-refractivity contribution is 7.22. The molecule has 0 N–H and O–H groups in total. The van der Waals surface area contributed by atoms with E-state index in [-0.39, 0.29) is 0 Å². The number of benzene rings is 1. The van der Waals surface area contributed by atoms with Gasteiger partial charge >= 0.3 is 0 Å². The fourth-order valence-electron chi connectivity index (χ4n) is 2.35. The molecule has 0 spiro atoms. The fourth-order valence-corrected chi connectivity index (χ4v) is 3.38. The first-order valence-electron chi connectivity index (χ1n) is 5.85. The van der Waals surface area contributed by atoms with Gasteiger partial charge in [-0.3, -0.25) is 0 Å². The van der Waals surface area contributed by atoms with E-state index in [1.54, 1.807) is 11.3 Å². The molecule has 17 heavy (non-hydrogen) atoms. The van der Waals surface area contributed by atoms with Crippen LogP contribution in [0.4, 0.5) is 5.13 Å². The van der Waals surface area contributed by atoms with E-state index in [0.717, 1.165) is 35.2 Å². The fraction of sp³-hybridized carbons (Fsp3) is 0.417. The van der Waals surface area contributed by atoms with Gasteiger partial charge in [0, 0.05) is 25.2 Å². The lowest BCUT2D eigenvalue weighted by molar-refractivity contribution is 0.174. The average Bonchev–Trinajstić information content (AvgIpc) is 3.05. The molecule has 0 radical (unpaired) electrons. The van der Waals surface area contributed by atoms with Crippen molar-refractivity contribution in [3.8, 4) is 11.5 Å². The van der Waals surface area contributed by atoms with Crippen molar-refractivity contribution >= 4 is 26.7 Å². The van der Waals surface area contributed by atoms with Crippen LogP contribution in [0.15, 0.2) is 12.1 Å². The molecule has 2 aromatic rings. The maximum absolute atomic E-state index is 5.38. The zero-order valence-corrected chi connectivity index (χ0v) is 10.1. The van der Waals surface area contributed by atoms with E-state index in [2.05, 4.69) is 9.88 Å². The summed E-state index contributed by atoms with van der Waals surface area (Å²) in [6.07, 6.45) is 2.55. The summed E-state index contributed by atoms with van der Waals surface area (Å²) in [6, 6.07) is 4.02. The van der Waals surface area contributed by atoms with Gasteiger partial charge in [0.15, 0.2) is 16.6 Å². The van der Waals surface area contributed by atoms with Gasteiger partial charge in [0.25, 0.3) is 0 Å². The third-order valence-corrected chi connectivity index (χ3v) is 4.33. The molecule has 4 nitrogen and oxygen atoms in total. The summed E-state index contributed by atoms with van der Waals surface area (Å²) >= 11 is 1.74. The van der Waals surface area contributed by atoms with Crippen LogP contribution in [0.25, 0.3) is 10.2 Å². The summed E-state index contributed by atoms with van der Waals surface area (Å²) in [4.78, 5) is 7.04. The van der Waals surface area contributed by atoms with Crippen LogP contribution in [0.1, 0.15) is 12.8 Å². The molecule has 0 saturated carbocycles. The first-order valence-corrected chi connectivity index (χ1v) is 6.67. The second-order valence-electron chi connectivity index (χ2n) is 4.36. The Morgan fingerprint density at radius 1 is 1.12 bits per heavy atom. The van der Waals surface area contributed by atoms with E-state index in [4.69, 9.17) is 9.47 Å². The van der Waals surface area contributed by atoms with Crippen molar-refractivity contribution in [2.45, 2.75) is 12.8 Å². The normalized spacial score (nSPS) is 18.2. The predicted octanol–water partition coefficient (Wildman–Crippen LogP) is 2.63. The maximum atomic E-state index is 5.38. The van der Waals surface area contributed by atoms with Crippen molar-refractivity contribution in [2.75, 3.05) is 24.8 Å². The molecule has 1 saturated heterocycles. The topological polar surface area (TPSA) is 34.6 Å². The van der Waals surface area contributed by atoms with Gasteiger partial charge in [-0.2, -0.15) is 0 Å². The summed E-state index contributed by atoms with van der Waals surface area (Å²) in [5, 5.41) is 1.13. The zero-order chi connectivity index (χ0) is 11.2. The molecule has 5 heteroatoms. The van der Waals surface area contributed by atoms with E-state index < -0.39 is 0 Å². The summed E-state index contributed by atoms with van der Waals surface area (Å²) in [5.74, 6) is 1.66. The Hall–Kier alpha value is -1.49. The Morgan fingerprint density at radius 2 is 1.88 bits per heavy atom. The molecule has 0 bridgehead atoms. The van der Waals surface area contributed by atoms with E-state index in [0.29, 0.717) is 6.79 Å². The van der Waals surface area contributed by atoms with E-state index >= 15 is 0 Å². The summed E-state index contributed by atoms with van der Waals surface area (Å²) in [7, 11) is 0. The lowest BCUT2D eigenvalue weighted by atomic mass is 10.3. The second-order valence-corrected chi connectivity index (χ2v) is 5.37. The summed E-state index contributed by atoms with van der Waals surface area (Å²) < 4.78 is 11.9. The van der Waals surface area contributed by atoms with Crippen molar-refractivity contribution in [1.29, 1.82) is 0 Å². The largest absolute Gasteiger partial charge is 0.454 e. The molecule has 4 rings (SSSR count). The van der Waals surface area contributed by atoms with Gasteiger partial charge in [-0.05, 0) is 12.8 Å². The van der Waals surface area contributed by atoms with Gasteiger partial charge in [-0.15, -0.1) is 0 Å². The van der Waals surface area contributed by atoms with E-state index in [1.165, 1.54) is 17.5 Å². The van der Waals surface area contributed by atoms with Crippen molar-refractivity contribution < 1.29 is 9.47 Å². The maximum Gasteiger partial charge on any atom is 0.231 e. The second kappa shape index (κ2) is 3.50. The molecule has 1 aromatic carbocycles. The molecule has 2 aliphatic heterocycles. The molecule has 1 aromatic heterocycles. The Morgan fingerprint density at radius 3 is 2.71 bits per heavy atom. The van der Waals surface area contributed by atoms with Gasteiger partial charge in [-0.25, -0.2) is 4.98 Å². The molecule has 0 amide bonds. The van der Waals surface area contributed by atoms with Crippen LogP contribution in [-0.4, -0.2) is 24.9 Å². The minimum absolute atomic E-state index is 0.325. The third-order valence-electron chi connectivity index (χ3n) is 3.25. The molecular weight excluding hydrogens is 236 g/mol. The first kappa shape index (κ1) is 9.53. The smallest absolute Gasteiger partial charge is 0.231 e. The zero-order valence-electron chi connectivity index (χ0n) is 9.31. The Labute approximate surface area is 103 Å². The molecule has 1 fully saturated rings. The quantitative estimate of drug-likeness (QED) is 0.777. The average molecular weight is 248 g/mol. The third kappa shape index (κ3) is 1.45. The highest BCUT2D eigenvalue weighted by Gasteiger charge is 2.19. The van der Waals surface area contributed by atoms with E-state index in [9.17, 15) is 0 Å². The molecule has 3 heterocycles. The predicted molar refractivity (Wildman–Crippen MR) is 67.2 cm³/mol. The molecule has 2 aliphatic rings. The number of hydrogen-bond acceptors (Lipinski definition) is 5. The van der Waals surface area contributed by atoms with Gasteiger partial charge in [-0.1, -0.05) is 11.3 Å². The van der Waals surface area contributed by atoms with Crippen LogP contribution in [0.5, 0.6) is 11.5 Å².